The second kappa shape index (κ2) is 7.72. The fourth-order valence-electron chi connectivity index (χ4n) is 4.13. The van der Waals surface area contributed by atoms with Crippen molar-refractivity contribution in [2.45, 2.75) is 51.0 Å². The fraction of sp³-hybridized carbons (Fsp3) is 0.524. The smallest absolute Gasteiger partial charge is 0.227 e. The third kappa shape index (κ3) is 3.74. The van der Waals surface area contributed by atoms with Gasteiger partial charge in [0.15, 0.2) is 0 Å². The van der Waals surface area contributed by atoms with E-state index in [9.17, 15) is 4.79 Å². The highest BCUT2D eigenvalue weighted by molar-refractivity contribution is 5.97. The second-order valence-electron chi connectivity index (χ2n) is 7.70. The van der Waals surface area contributed by atoms with E-state index in [0.29, 0.717) is 6.42 Å². The highest BCUT2D eigenvalue weighted by atomic mass is 16.2. The minimum absolute atomic E-state index is 0.228. The molecule has 0 bridgehead atoms. The summed E-state index contributed by atoms with van der Waals surface area (Å²) in [6.45, 7) is 2.96. The minimum atomic E-state index is 0.228. The van der Waals surface area contributed by atoms with Gasteiger partial charge in [0.05, 0.1) is 0 Å². The largest absolute Gasteiger partial charge is 0.312 e. The lowest BCUT2D eigenvalue weighted by Gasteiger charge is -2.36. The maximum Gasteiger partial charge on any atom is 0.227 e. The normalized spacial score (nSPS) is 24.2. The van der Waals surface area contributed by atoms with Crippen LogP contribution in [0.25, 0.3) is 0 Å². The minimum Gasteiger partial charge on any atom is -0.312 e. The second-order valence-corrected chi connectivity index (χ2v) is 7.70. The van der Waals surface area contributed by atoms with Gasteiger partial charge in [0, 0.05) is 67.6 Å². The predicted octanol–water partition coefficient (Wildman–Crippen LogP) is 2.56. The van der Waals surface area contributed by atoms with Gasteiger partial charge in [-0.05, 0) is 37.8 Å². The van der Waals surface area contributed by atoms with Crippen LogP contribution in [0.15, 0.2) is 36.0 Å². The summed E-state index contributed by atoms with van der Waals surface area (Å²) in [6.07, 6.45) is 9.64. The average Bonchev–Trinajstić information content (AvgIpc) is 2.95. The monoisotopic (exact) mass is 353 g/mol. The SMILES string of the molecule is N=C1CCN(C2CCC2)CC/C1=C/[NH2+]c1ccc(N2CCCC2=O)cc1. The fourth-order valence-corrected chi connectivity index (χ4v) is 4.13. The molecule has 1 aromatic rings. The summed E-state index contributed by atoms with van der Waals surface area (Å²) < 4.78 is 0. The van der Waals surface area contributed by atoms with Crippen LogP contribution in [0.5, 0.6) is 0 Å². The number of anilines is 1. The Bertz CT molecular complexity index is 705. The van der Waals surface area contributed by atoms with Crippen LogP contribution in [0.1, 0.15) is 44.9 Å². The molecule has 3 N–H and O–H groups in total. The molecule has 1 aromatic carbocycles. The molecule has 26 heavy (non-hydrogen) atoms. The van der Waals surface area contributed by atoms with Crippen molar-refractivity contribution in [3.63, 3.8) is 0 Å². The lowest BCUT2D eigenvalue weighted by atomic mass is 9.91. The summed E-state index contributed by atoms with van der Waals surface area (Å²) in [5.74, 6) is 0.228. The van der Waals surface area contributed by atoms with Gasteiger partial charge in [0.25, 0.3) is 0 Å². The number of carbonyl (C=O) groups excluding carboxylic acids is 1. The van der Waals surface area contributed by atoms with Crippen molar-refractivity contribution in [1.82, 2.24) is 4.90 Å². The topological polar surface area (TPSA) is 64.0 Å². The molecule has 5 nitrogen and oxygen atoms in total. The molecule has 138 valence electrons. The Hall–Kier alpha value is -1.98. The number of nitrogens with zero attached hydrogens (tertiary/aromatic N) is 2. The molecule has 4 rings (SSSR count). The highest BCUT2D eigenvalue weighted by Gasteiger charge is 2.27. The van der Waals surface area contributed by atoms with Gasteiger partial charge >= 0.3 is 0 Å². The summed E-state index contributed by atoms with van der Waals surface area (Å²) in [5.41, 5.74) is 4.09. The number of quaternary nitrogens is 1. The van der Waals surface area contributed by atoms with E-state index in [1.807, 2.05) is 17.0 Å². The van der Waals surface area contributed by atoms with E-state index in [1.54, 1.807) is 0 Å². The molecule has 3 fully saturated rings. The Morgan fingerprint density at radius 2 is 1.77 bits per heavy atom. The summed E-state index contributed by atoms with van der Waals surface area (Å²) in [6, 6.07) is 8.97. The van der Waals surface area contributed by atoms with E-state index in [-0.39, 0.29) is 5.91 Å². The van der Waals surface area contributed by atoms with Crippen LogP contribution >= 0.6 is 0 Å². The molecule has 0 aromatic heterocycles. The summed E-state index contributed by atoms with van der Waals surface area (Å²) in [5, 5.41) is 10.5. The van der Waals surface area contributed by atoms with Crippen molar-refractivity contribution in [2.75, 3.05) is 24.5 Å². The molecule has 1 amide bonds. The Labute approximate surface area is 155 Å². The van der Waals surface area contributed by atoms with Crippen molar-refractivity contribution in [3.05, 3.63) is 36.0 Å². The number of carbonyl (C=O) groups is 1. The van der Waals surface area contributed by atoms with E-state index in [2.05, 4.69) is 28.5 Å². The molecule has 2 heterocycles. The van der Waals surface area contributed by atoms with Gasteiger partial charge in [0.1, 0.15) is 11.9 Å². The van der Waals surface area contributed by atoms with Crippen LogP contribution in [0, 0.1) is 5.41 Å². The Balaban J connectivity index is 1.37. The number of hydrogen-bond acceptors (Lipinski definition) is 3. The first-order valence-corrected chi connectivity index (χ1v) is 9.97. The van der Waals surface area contributed by atoms with Crippen LogP contribution in [-0.2, 0) is 4.79 Å². The number of benzene rings is 1. The zero-order valence-electron chi connectivity index (χ0n) is 15.4. The maximum atomic E-state index is 11.8. The van der Waals surface area contributed by atoms with E-state index in [1.165, 1.54) is 24.8 Å². The van der Waals surface area contributed by atoms with Crippen molar-refractivity contribution >= 4 is 23.0 Å². The van der Waals surface area contributed by atoms with Gasteiger partial charge < -0.3 is 10.3 Å². The molecule has 0 spiro atoms. The molecular weight excluding hydrogens is 324 g/mol. The third-order valence-corrected chi connectivity index (χ3v) is 6.05. The average molecular weight is 353 g/mol. The van der Waals surface area contributed by atoms with Crippen molar-refractivity contribution < 1.29 is 10.1 Å². The molecule has 2 saturated heterocycles. The molecule has 0 unspecified atom stereocenters. The van der Waals surface area contributed by atoms with E-state index in [4.69, 9.17) is 5.41 Å². The van der Waals surface area contributed by atoms with Crippen LogP contribution in [0.4, 0.5) is 11.4 Å². The van der Waals surface area contributed by atoms with Gasteiger partial charge in [-0.2, -0.15) is 0 Å². The molecule has 3 aliphatic rings. The zero-order valence-corrected chi connectivity index (χ0v) is 15.4. The number of nitrogens with one attached hydrogen (secondary N) is 1. The van der Waals surface area contributed by atoms with Crippen LogP contribution in [0.3, 0.4) is 0 Å². The predicted molar refractivity (Wildman–Crippen MR) is 104 cm³/mol. The Morgan fingerprint density at radius 3 is 2.42 bits per heavy atom. The van der Waals surface area contributed by atoms with E-state index >= 15 is 0 Å². The van der Waals surface area contributed by atoms with Gasteiger partial charge in [-0.3, -0.25) is 15.0 Å². The lowest BCUT2D eigenvalue weighted by Crippen LogP contribution is -2.71. The highest BCUT2D eigenvalue weighted by Crippen LogP contribution is 2.27. The van der Waals surface area contributed by atoms with E-state index < -0.39 is 0 Å². The first-order valence-electron chi connectivity index (χ1n) is 9.97. The van der Waals surface area contributed by atoms with Crippen molar-refractivity contribution in [3.8, 4) is 0 Å². The first kappa shape index (κ1) is 17.4. The molecule has 1 saturated carbocycles. The number of rotatable bonds is 4. The van der Waals surface area contributed by atoms with Gasteiger partial charge in [-0.1, -0.05) is 6.42 Å². The molecule has 0 atom stereocenters. The Kier molecular flexibility index (Phi) is 5.18. The maximum absolute atomic E-state index is 11.8. The quantitative estimate of drug-likeness (QED) is 0.817. The van der Waals surface area contributed by atoms with Gasteiger partial charge in [-0.15, -0.1) is 0 Å². The standard InChI is InChI=1S/C21H28N4O/c22-20-11-14-24(18-3-1-4-18)13-10-16(20)15-23-17-6-8-19(9-7-17)25-12-2-5-21(25)26/h6-9,15,18,22-23H,1-5,10-14H2/p+1/b16-15-,22-20?. The van der Waals surface area contributed by atoms with Crippen molar-refractivity contribution in [2.24, 2.45) is 0 Å². The number of amides is 1. The number of nitrogens with two attached hydrogens (primary N) is 1. The van der Waals surface area contributed by atoms with Crippen LogP contribution in [0.2, 0.25) is 0 Å². The molecule has 0 radical (unpaired) electrons. The Morgan fingerprint density at radius 1 is 1.00 bits per heavy atom. The van der Waals surface area contributed by atoms with Crippen molar-refractivity contribution in [1.29, 1.82) is 5.41 Å². The zero-order chi connectivity index (χ0) is 17.9. The number of hydrogen-bond donors (Lipinski definition) is 2. The van der Waals surface area contributed by atoms with Gasteiger partial charge in [0.2, 0.25) is 5.91 Å². The lowest BCUT2D eigenvalue weighted by molar-refractivity contribution is -0.497. The summed E-state index contributed by atoms with van der Waals surface area (Å²) in [7, 11) is 0. The molecule has 1 aliphatic carbocycles. The van der Waals surface area contributed by atoms with E-state index in [0.717, 1.165) is 62.0 Å². The molecule has 5 heteroatoms. The van der Waals surface area contributed by atoms with Crippen LogP contribution in [-0.4, -0.2) is 42.2 Å². The number of likely N-dealkylation sites (tertiary alicyclic amines) is 1. The first-order chi connectivity index (χ1) is 12.7. The summed E-state index contributed by atoms with van der Waals surface area (Å²) >= 11 is 0. The molecular formula is C21H29N4O+. The van der Waals surface area contributed by atoms with Crippen LogP contribution < -0.4 is 10.2 Å². The van der Waals surface area contributed by atoms with Gasteiger partial charge in [-0.25, -0.2) is 0 Å². The molecule has 2 aliphatic heterocycles. The summed E-state index contributed by atoms with van der Waals surface area (Å²) in [4.78, 5) is 16.3. The third-order valence-electron chi connectivity index (χ3n) is 6.05.